The maximum Gasteiger partial charge on any atom is 0.317 e. The Bertz CT molecular complexity index is 1160. The van der Waals surface area contributed by atoms with Gasteiger partial charge in [-0.2, -0.15) is 5.10 Å². The van der Waals surface area contributed by atoms with Gasteiger partial charge >= 0.3 is 6.03 Å². The summed E-state index contributed by atoms with van der Waals surface area (Å²) < 4.78 is 8.17. The molecule has 2 amide bonds. The number of urea groups is 1. The summed E-state index contributed by atoms with van der Waals surface area (Å²) in [6, 6.07) is 9.76. The normalized spacial score (nSPS) is 20.1. The summed E-state index contributed by atoms with van der Waals surface area (Å²) in [4.78, 5) is 23.0. The van der Waals surface area contributed by atoms with Crippen molar-refractivity contribution in [3.8, 4) is 17.0 Å². The lowest BCUT2D eigenvalue weighted by atomic mass is 9.82. The number of pyridine rings is 2. The number of ether oxygens (including phenoxy) is 1. The second-order valence-electron chi connectivity index (χ2n) is 8.80. The third kappa shape index (κ3) is 3.88. The van der Waals surface area contributed by atoms with Crippen LogP contribution in [0.2, 0.25) is 0 Å². The van der Waals surface area contributed by atoms with Gasteiger partial charge in [-0.3, -0.25) is 9.67 Å². The molecule has 0 saturated carbocycles. The molecule has 2 aliphatic rings. The van der Waals surface area contributed by atoms with E-state index in [1.165, 1.54) is 5.69 Å². The first kappa shape index (κ1) is 21.2. The second kappa shape index (κ2) is 8.38. The summed E-state index contributed by atoms with van der Waals surface area (Å²) in [6.45, 7) is 6.85. The molecule has 0 bridgehead atoms. The number of aromatic nitrogens is 4. The molecule has 0 aliphatic carbocycles. The molecule has 2 aliphatic heterocycles. The fourth-order valence-corrected chi connectivity index (χ4v) is 4.88. The minimum absolute atomic E-state index is 0.0131. The van der Waals surface area contributed by atoms with Gasteiger partial charge in [0.15, 0.2) is 11.6 Å². The van der Waals surface area contributed by atoms with Crippen molar-refractivity contribution < 1.29 is 9.53 Å². The van der Waals surface area contributed by atoms with E-state index in [1.54, 1.807) is 12.4 Å². The number of carbonyl (C=O) groups is 1. The van der Waals surface area contributed by atoms with E-state index in [0.29, 0.717) is 18.1 Å². The largest absolute Gasteiger partial charge is 0.481 e. The Kier molecular flexibility index (Phi) is 5.39. The molecule has 0 aromatic carbocycles. The van der Waals surface area contributed by atoms with Crippen molar-refractivity contribution in [2.75, 3.05) is 25.4 Å². The molecule has 3 N–H and O–H groups in total. The van der Waals surface area contributed by atoms with E-state index in [2.05, 4.69) is 26.0 Å². The van der Waals surface area contributed by atoms with Crippen LogP contribution in [0.1, 0.15) is 44.2 Å². The Labute approximate surface area is 193 Å². The fourth-order valence-electron chi connectivity index (χ4n) is 4.88. The molecule has 3 aromatic rings. The predicted molar refractivity (Wildman–Crippen MR) is 125 cm³/mol. The number of carbonyl (C=O) groups excluding carboxylic acids is 1. The molecule has 5 heterocycles. The highest BCUT2D eigenvalue weighted by Crippen LogP contribution is 2.44. The van der Waals surface area contributed by atoms with Gasteiger partial charge in [-0.1, -0.05) is 6.07 Å². The Morgan fingerprint density at radius 3 is 2.91 bits per heavy atom. The summed E-state index contributed by atoms with van der Waals surface area (Å²) >= 11 is 0. The Morgan fingerprint density at radius 1 is 1.27 bits per heavy atom. The molecule has 172 valence electrons. The number of nitrogens with one attached hydrogen (secondary N) is 1. The number of rotatable bonds is 5. The minimum atomic E-state index is -0.264. The number of hydrogen-bond acceptors (Lipinski definition) is 6. The molecular formula is C24H29N7O2. The lowest BCUT2D eigenvalue weighted by Gasteiger charge is -2.23. The van der Waals surface area contributed by atoms with Gasteiger partial charge < -0.3 is 20.7 Å². The van der Waals surface area contributed by atoms with Crippen LogP contribution in [0.5, 0.6) is 5.75 Å². The summed E-state index contributed by atoms with van der Waals surface area (Å²) in [7, 11) is 0. The van der Waals surface area contributed by atoms with Gasteiger partial charge in [0.25, 0.3) is 0 Å². The highest BCUT2D eigenvalue weighted by Gasteiger charge is 2.46. The number of fused-ring (bicyclic) bond motifs is 2. The average Bonchev–Trinajstić information content (AvgIpc) is 3.53. The summed E-state index contributed by atoms with van der Waals surface area (Å²) in [6.07, 6.45) is 5.16. The molecule has 1 fully saturated rings. The maximum atomic E-state index is 12.3. The number of anilines is 1. The zero-order chi connectivity index (χ0) is 23.0. The first-order chi connectivity index (χ1) is 16.0. The summed E-state index contributed by atoms with van der Waals surface area (Å²) in [5.74, 6) is 0.843. The summed E-state index contributed by atoms with van der Waals surface area (Å²) in [5.41, 5.74) is 9.76. The number of likely N-dealkylation sites (tertiary alicyclic amines) is 1. The van der Waals surface area contributed by atoms with Crippen LogP contribution < -0.4 is 15.8 Å². The minimum Gasteiger partial charge on any atom is -0.481 e. The number of hydrogen-bond donors (Lipinski definition) is 2. The van der Waals surface area contributed by atoms with Crippen LogP contribution in [0.15, 0.2) is 42.7 Å². The van der Waals surface area contributed by atoms with Gasteiger partial charge in [-0.15, -0.1) is 0 Å². The van der Waals surface area contributed by atoms with E-state index in [9.17, 15) is 4.79 Å². The van der Waals surface area contributed by atoms with Gasteiger partial charge in [-0.05, 0) is 51.0 Å². The van der Waals surface area contributed by atoms with Crippen molar-refractivity contribution in [2.24, 2.45) is 0 Å². The smallest absolute Gasteiger partial charge is 0.317 e. The number of nitrogens with zero attached hydrogens (tertiary/aromatic N) is 5. The molecule has 1 spiro atoms. The van der Waals surface area contributed by atoms with E-state index >= 15 is 0 Å². The maximum absolute atomic E-state index is 12.3. The molecule has 1 saturated heterocycles. The highest BCUT2D eigenvalue weighted by atomic mass is 16.5. The molecule has 2 atom stereocenters. The number of nitrogen functional groups attached to an aromatic ring is 1. The molecule has 33 heavy (non-hydrogen) atoms. The Hall–Kier alpha value is -3.62. The molecular weight excluding hydrogens is 418 g/mol. The zero-order valence-corrected chi connectivity index (χ0v) is 19.0. The van der Waals surface area contributed by atoms with Crippen LogP contribution >= 0.6 is 0 Å². The van der Waals surface area contributed by atoms with E-state index in [0.717, 1.165) is 49.4 Å². The number of nitrogens with two attached hydrogens (primary N) is 1. The van der Waals surface area contributed by atoms with Crippen LogP contribution in [0.4, 0.5) is 10.6 Å². The molecule has 0 radical (unpaired) electrons. The van der Waals surface area contributed by atoms with Crippen LogP contribution in [0, 0.1) is 0 Å². The average molecular weight is 448 g/mol. The Morgan fingerprint density at radius 2 is 2.12 bits per heavy atom. The topological polar surface area (TPSA) is 111 Å². The monoisotopic (exact) mass is 447 g/mol. The first-order valence-electron chi connectivity index (χ1n) is 11.4. The van der Waals surface area contributed by atoms with Crippen LogP contribution in [0.3, 0.4) is 0 Å². The van der Waals surface area contributed by atoms with Crippen LogP contribution in [0.25, 0.3) is 11.3 Å². The molecule has 1 unspecified atom stereocenters. The SMILES string of the molecule is CCNC(=O)N1CCC2(CCn3nc(-c4cnc(N)c(O[C@@H](C)c5ccccn5)c4)cc32)C1. The van der Waals surface area contributed by atoms with E-state index in [-0.39, 0.29) is 17.6 Å². The molecule has 9 heteroatoms. The lowest BCUT2D eigenvalue weighted by Crippen LogP contribution is -2.40. The predicted octanol–water partition coefficient (Wildman–Crippen LogP) is 3.14. The van der Waals surface area contributed by atoms with Crippen molar-refractivity contribution >= 4 is 11.8 Å². The molecule has 5 rings (SSSR count). The zero-order valence-electron chi connectivity index (χ0n) is 19.0. The number of aryl methyl sites for hydroxylation is 1. The van der Waals surface area contributed by atoms with E-state index in [4.69, 9.17) is 15.6 Å². The lowest BCUT2D eigenvalue weighted by molar-refractivity contribution is 0.206. The molecule has 9 nitrogen and oxygen atoms in total. The molecule has 3 aromatic heterocycles. The van der Waals surface area contributed by atoms with Crippen molar-refractivity contribution in [1.82, 2.24) is 30.0 Å². The quantitative estimate of drug-likeness (QED) is 0.622. The van der Waals surface area contributed by atoms with Crippen LogP contribution in [-0.4, -0.2) is 50.3 Å². The van der Waals surface area contributed by atoms with Crippen molar-refractivity contribution in [1.29, 1.82) is 0 Å². The van der Waals surface area contributed by atoms with Gasteiger partial charge in [0.05, 0.1) is 11.4 Å². The van der Waals surface area contributed by atoms with Crippen LogP contribution in [-0.2, 0) is 12.0 Å². The van der Waals surface area contributed by atoms with Crippen molar-refractivity contribution in [2.45, 2.75) is 44.8 Å². The second-order valence-corrected chi connectivity index (χ2v) is 8.80. The highest BCUT2D eigenvalue weighted by molar-refractivity contribution is 5.75. The fraction of sp³-hybridized carbons (Fsp3) is 0.417. The summed E-state index contributed by atoms with van der Waals surface area (Å²) in [5, 5.41) is 7.76. The van der Waals surface area contributed by atoms with Gasteiger partial charge in [0, 0.05) is 55.2 Å². The van der Waals surface area contributed by atoms with E-state index in [1.807, 2.05) is 43.0 Å². The van der Waals surface area contributed by atoms with Crippen molar-refractivity contribution in [3.05, 3.63) is 54.1 Å². The van der Waals surface area contributed by atoms with Crippen molar-refractivity contribution in [3.63, 3.8) is 0 Å². The first-order valence-corrected chi connectivity index (χ1v) is 11.4. The van der Waals surface area contributed by atoms with Gasteiger partial charge in [-0.25, -0.2) is 9.78 Å². The third-order valence-corrected chi connectivity index (χ3v) is 6.68. The Balaban J connectivity index is 1.38. The van der Waals surface area contributed by atoms with Gasteiger partial charge in [0.1, 0.15) is 6.10 Å². The standard InChI is InChI=1S/C24H29N7O2/c1-3-26-23(32)30-10-7-24(15-30)8-11-31-21(24)13-19(29-31)17-12-20(22(25)28-14-17)33-16(2)18-6-4-5-9-27-18/h4-6,9,12-14,16H,3,7-8,10-11,15H2,1-2H3,(H2,25,28)(H,26,32)/t16-,24?/m0/s1. The van der Waals surface area contributed by atoms with Gasteiger partial charge in [0.2, 0.25) is 0 Å². The third-order valence-electron chi connectivity index (χ3n) is 6.68. The number of amides is 2. The van der Waals surface area contributed by atoms with E-state index < -0.39 is 0 Å².